The molecule has 0 aliphatic rings. The molecule has 0 heterocycles. The summed E-state index contributed by atoms with van der Waals surface area (Å²) in [6.07, 6.45) is 6.86. The van der Waals surface area contributed by atoms with Crippen molar-refractivity contribution in [2.75, 3.05) is 11.1 Å². The molecule has 0 aliphatic heterocycles. The molecule has 0 unspecified atom stereocenters. The lowest BCUT2D eigenvalue weighted by Gasteiger charge is -2.09. The van der Waals surface area contributed by atoms with Crippen molar-refractivity contribution in [3.63, 3.8) is 0 Å². The van der Waals surface area contributed by atoms with Crippen LogP contribution in [0.3, 0.4) is 0 Å². The number of hydrogen-bond donors (Lipinski definition) is 1. The first-order chi connectivity index (χ1) is 8.67. The van der Waals surface area contributed by atoms with Gasteiger partial charge in [0.05, 0.1) is 5.69 Å². The summed E-state index contributed by atoms with van der Waals surface area (Å²) >= 11 is 7.61. The number of amides is 1. The fraction of sp³-hybridized carbons (Fsp3) is 0.214. The molecule has 0 aromatic heterocycles. The van der Waals surface area contributed by atoms with Crippen LogP contribution in [0.4, 0.5) is 5.69 Å². The van der Waals surface area contributed by atoms with E-state index in [0.717, 1.165) is 16.3 Å². The Kier molecular flexibility index (Phi) is 6.61. The van der Waals surface area contributed by atoms with Crippen molar-refractivity contribution in [1.29, 1.82) is 0 Å². The molecule has 1 rings (SSSR count). The molecule has 0 radical (unpaired) electrons. The van der Waals surface area contributed by atoms with Crippen molar-refractivity contribution in [2.24, 2.45) is 0 Å². The first-order valence-corrected chi connectivity index (χ1v) is 7.06. The Bertz CT molecular complexity index is 469. The van der Waals surface area contributed by atoms with Gasteiger partial charge in [-0.25, -0.2) is 0 Å². The highest BCUT2D eigenvalue weighted by Gasteiger charge is 2.05. The zero-order valence-corrected chi connectivity index (χ0v) is 12.0. The molecule has 0 saturated carbocycles. The van der Waals surface area contributed by atoms with Crippen LogP contribution in [0.1, 0.15) is 13.8 Å². The van der Waals surface area contributed by atoms with Gasteiger partial charge in [0.25, 0.3) is 0 Å². The van der Waals surface area contributed by atoms with Gasteiger partial charge in [0, 0.05) is 16.0 Å². The van der Waals surface area contributed by atoms with Crippen LogP contribution in [0, 0.1) is 0 Å². The van der Waals surface area contributed by atoms with Crippen LogP contribution >= 0.6 is 23.4 Å². The molecule has 1 aromatic rings. The largest absolute Gasteiger partial charge is 0.321 e. The molecule has 1 N–H and O–H groups in total. The maximum atomic E-state index is 11.7. The molecule has 0 spiro atoms. The molecule has 1 amide bonds. The van der Waals surface area contributed by atoms with E-state index in [1.54, 1.807) is 30.0 Å². The third-order valence-electron chi connectivity index (χ3n) is 2.05. The Balaban J connectivity index is 2.81. The summed E-state index contributed by atoms with van der Waals surface area (Å²) in [5.74, 6) is 0.784. The summed E-state index contributed by atoms with van der Waals surface area (Å²) in [6.45, 7) is 3.96. The normalized spacial score (nSPS) is 11.3. The van der Waals surface area contributed by atoms with Crippen LogP contribution in [-0.4, -0.2) is 11.7 Å². The molecule has 0 bridgehead atoms. The quantitative estimate of drug-likeness (QED) is 0.488. The molecule has 18 heavy (non-hydrogen) atoms. The maximum Gasteiger partial charge on any atom is 0.248 e. The Labute approximate surface area is 117 Å². The van der Waals surface area contributed by atoms with Crippen molar-refractivity contribution in [3.8, 4) is 0 Å². The van der Waals surface area contributed by atoms with E-state index >= 15 is 0 Å². The topological polar surface area (TPSA) is 29.1 Å². The molecule has 4 heteroatoms. The maximum absolute atomic E-state index is 11.7. The highest BCUT2D eigenvalue weighted by Crippen LogP contribution is 2.29. The summed E-state index contributed by atoms with van der Waals surface area (Å²) in [7, 11) is 0. The van der Waals surface area contributed by atoms with Crippen LogP contribution < -0.4 is 5.32 Å². The zero-order valence-electron chi connectivity index (χ0n) is 10.4. The Morgan fingerprint density at radius 3 is 2.89 bits per heavy atom. The van der Waals surface area contributed by atoms with Crippen molar-refractivity contribution < 1.29 is 4.79 Å². The van der Waals surface area contributed by atoms with E-state index in [9.17, 15) is 4.79 Å². The average molecular weight is 282 g/mol. The van der Waals surface area contributed by atoms with Gasteiger partial charge in [-0.2, -0.15) is 0 Å². The van der Waals surface area contributed by atoms with Gasteiger partial charge in [-0.1, -0.05) is 36.8 Å². The second-order valence-corrected chi connectivity index (χ2v) is 5.19. The number of hydrogen-bond acceptors (Lipinski definition) is 2. The highest BCUT2D eigenvalue weighted by atomic mass is 35.5. The predicted molar refractivity (Wildman–Crippen MR) is 80.4 cm³/mol. The van der Waals surface area contributed by atoms with E-state index < -0.39 is 0 Å². The smallest absolute Gasteiger partial charge is 0.248 e. The highest BCUT2D eigenvalue weighted by molar-refractivity contribution is 7.99. The van der Waals surface area contributed by atoms with Gasteiger partial charge < -0.3 is 5.32 Å². The van der Waals surface area contributed by atoms with Crippen molar-refractivity contribution >= 4 is 35.0 Å². The van der Waals surface area contributed by atoms with Crippen molar-refractivity contribution in [3.05, 3.63) is 47.5 Å². The van der Waals surface area contributed by atoms with E-state index in [1.165, 1.54) is 6.08 Å². The van der Waals surface area contributed by atoms with Crippen molar-refractivity contribution in [1.82, 2.24) is 0 Å². The lowest BCUT2D eigenvalue weighted by molar-refractivity contribution is -0.111. The molecule has 0 fully saturated rings. The van der Waals surface area contributed by atoms with Crippen LogP contribution in [0.2, 0.25) is 5.02 Å². The van der Waals surface area contributed by atoms with Gasteiger partial charge in [-0.05, 0) is 30.9 Å². The van der Waals surface area contributed by atoms with E-state index in [1.807, 2.05) is 25.1 Å². The summed E-state index contributed by atoms with van der Waals surface area (Å²) in [4.78, 5) is 12.7. The monoisotopic (exact) mass is 281 g/mol. The number of halogens is 1. The molecule has 1 aromatic carbocycles. The Morgan fingerprint density at radius 2 is 2.22 bits per heavy atom. The second-order valence-electron chi connectivity index (χ2n) is 3.45. The molecule has 2 nitrogen and oxygen atoms in total. The minimum Gasteiger partial charge on any atom is -0.321 e. The molecule has 96 valence electrons. The first-order valence-electron chi connectivity index (χ1n) is 5.70. The third-order valence-corrected chi connectivity index (χ3v) is 3.24. The van der Waals surface area contributed by atoms with Crippen LogP contribution in [0.5, 0.6) is 0 Å². The lowest BCUT2D eigenvalue weighted by atomic mass is 10.3. The van der Waals surface area contributed by atoms with Gasteiger partial charge in [-0.3, -0.25) is 4.79 Å². The lowest BCUT2D eigenvalue weighted by Crippen LogP contribution is -2.08. The number of carbonyl (C=O) groups is 1. The molecule has 0 aliphatic carbocycles. The summed E-state index contributed by atoms with van der Waals surface area (Å²) in [5.41, 5.74) is 0.754. The van der Waals surface area contributed by atoms with Crippen molar-refractivity contribution in [2.45, 2.75) is 18.7 Å². The summed E-state index contributed by atoms with van der Waals surface area (Å²) in [6, 6.07) is 5.51. The number of allylic oxidation sites excluding steroid dienone is 3. The molecule has 0 saturated heterocycles. The summed E-state index contributed by atoms with van der Waals surface area (Å²) in [5, 5.41) is 3.44. The van der Waals surface area contributed by atoms with Gasteiger partial charge in [0.1, 0.15) is 0 Å². The zero-order chi connectivity index (χ0) is 13.4. The number of nitrogens with one attached hydrogen (secondary N) is 1. The number of thioether (sulfide) groups is 1. The first kappa shape index (κ1) is 14.9. The van der Waals surface area contributed by atoms with E-state index in [4.69, 9.17) is 11.6 Å². The third kappa shape index (κ3) is 4.98. The van der Waals surface area contributed by atoms with E-state index in [0.29, 0.717) is 5.02 Å². The van der Waals surface area contributed by atoms with Gasteiger partial charge >= 0.3 is 0 Å². The van der Waals surface area contributed by atoms with Gasteiger partial charge in [0.15, 0.2) is 0 Å². The number of benzene rings is 1. The number of carbonyl (C=O) groups excluding carboxylic acids is 1. The van der Waals surface area contributed by atoms with E-state index in [2.05, 4.69) is 12.2 Å². The number of rotatable bonds is 5. The SMILES string of the molecule is CC=CC=CC(=O)Nc1cc(Cl)ccc1SCC. The Morgan fingerprint density at radius 1 is 1.44 bits per heavy atom. The second kappa shape index (κ2) is 8.01. The minimum atomic E-state index is -0.159. The van der Waals surface area contributed by atoms with Crippen LogP contribution in [0.15, 0.2) is 47.4 Å². The fourth-order valence-corrected chi connectivity index (χ4v) is 2.22. The van der Waals surface area contributed by atoms with Gasteiger partial charge in [-0.15, -0.1) is 11.8 Å². The van der Waals surface area contributed by atoms with Crippen LogP contribution in [-0.2, 0) is 4.79 Å². The minimum absolute atomic E-state index is 0.159. The standard InChI is InChI=1S/C14H16ClNOS/c1-3-5-6-7-14(17)16-12-10-11(15)8-9-13(12)18-4-2/h3,5-10H,4H2,1-2H3,(H,16,17). The molecular weight excluding hydrogens is 266 g/mol. The predicted octanol–water partition coefficient (Wildman–Crippen LogP) is 4.52. The van der Waals surface area contributed by atoms with E-state index in [-0.39, 0.29) is 5.91 Å². The fourth-order valence-electron chi connectivity index (χ4n) is 1.31. The Hall–Kier alpha value is -1.19. The average Bonchev–Trinajstić information content (AvgIpc) is 2.33. The summed E-state index contributed by atoms with van der Waals surface area (Å²) < 4.78 is 0. The number of anilines is 1. The van der Waals surface area contributed by atoms with Gasteiger partial charge in [0.2, 0.25) is 5.91 Å². The molecular formula is C14H16ClNOS. The van der Waals surface area contributed by atoms with Crippen LogP contribution in [0.25, 0.3) is 0 Å². The molecule has 0 atom stereocenters.